The zero-order valence-electron chi connectivity index (χ0n) is 7.27. The molecule has 1 aromatic carbocycles. The van der Waals surface area contributed by atoms with Gasteiger partial charge in [-0.2, -0.15) is 10.5 Å². The fraction of sp³-hybridized carbons (Fsp3) is 0.200. The molecule has 4 heteroatoms. The van der Waals surface area contributed by atoms with Gasteiger partial charge in [-0.1, -0.05) is 29.8 Å². The average molecular weight is 223 g/mol. The van der Waals surface area contributed by atoms with E-state index >= 15 is 0 Å². The van der Waals surface area contributed by atoms with E-state index in [1.54, 1.807) is 6.07 Å². The molecular formula is C10H7ClN2S. The van der Waals surface area contributed by atoms with Crippen LogP contribution in [0.5, 0.6) is 0 Å². The molecule has 0 aliphatic rings. The Kier molecular flexibility index (Phi) is 4.32. The van der Waals surface area contributed by atoms with Gasteiger partial charge in [0.25, 0.3) is 0 Å². The van der Waals surface area contributed by atoms with Crippen LogP contribution in [0.15, 0.2) is 24.3 Å². The quantitative estimate of drug-likeness (QED) is 0.739. The minimum absolute atomic E-state index is 0.347. The third-order valence-electron chi connectivity index (χ3n) is 1.70. The number of halogens is 1. The molecule has 0 saturated carbocycles. The summed E-state index contributed by atoms with van der Waals surface area (Å²) in [5, 5.41) is 19.4. The lowest BCUT2D eigenvalue weighted by Crippen LogP contribution is -2.02. The smallest absolute Gasteiger partial charge is 0.134 e. The molecule has 0 aliphatic carbocycles. The van der Waals surface area contributed by atoms with Crippen LogP contribution in [0.3, 0.4) is 0 Å². The zero-order chi connectivity index (χ0) is 10.4. The van der Waals surface area contributed by atoms with Crippen LogP contribution in [0.4, 0.5) is 0 Å². The molecule has 0 N–H and O–H groups in total. The molecule has 0 spiro atoms. The summed E-state index contributed by atoms with van der Waals surface area (Å²) in [5.74, 6) is 0. The highest BCUT2D eigenvalue weighted by Gasteiger charge is 2.10. The van der Waals surface area contributed by atoms with Crippen molar-refractivity contribution in [1.82, 2.24) is 0 Å². The molecule has 0 saturated heterocycles. The van der Waals surface area contributed by atoms with E-state index in [4.69, 9.17) is 22.1 Å². The Morgan fingerprint density at radius 1 is 1.36 bits per heavy atom. The Bertz CT molecular complexity index is 392. The first-order valence-electron chi connectivity index (χ1n) is 3.95. The van der Waals surface area contributed by atoms with E-state index in [0.29, 0.717) is 11.4 Å². The Morgan fingerprint density at radius 2 is 2.07 bits per heavy atom. The number of nitrogens with zero attached hydrogens (tertiary/aromatic N) is 2. The van der Waals surface area contributed by atoms with E-state index in [9.17, 15) is 0 Å². The normalized spacial score (nSPS) is 11.4. The van der Waals surface area contributed by atoms with Crippen molar-refractivity contribution in [2.75, 3.05) is 0 Å². The topological polar surface area (TPSA) is 47.6 Å². The van der Waals surface area contributed by atoms with Crippen LogP contribution in [0.25, 0.3) is 0 Å². The van der Waals surface area contributed by atoms with Crippen LogP contribution >= 0.6 is 23.4 Å². The Hall–Kier alpha value is -1.16. The molecular weight excluding hydrogens is 216 g/mol. The van der Waals surface area contributed by atoms with E-state index < -0.39 is 0 Å². The van der Waals surface area contributed by atoms with Crippen molar-refractivity contribution in [1.29, 1.82) is 10.5 Å². The molecule has 0 fully saturated rings. The maximum absolute atomic E-state index is 8.74. The molecule has 0 amide bonds. The standard InChI is InChI=1S/C10H7ClN2S/c11-10-4-2-1-3-8(10)5-9(6-12)14-7-13/h1-4,9H,5H2/t9-/m0/s1. The van der Waals surface area contributed by atoms with Gasteiger partial charge in [-0.15, -0.1) is 0 Å². The monoisotopic (exact) mass is 222 g/mol. The van der Waals surface area contributed by atoms with Crippen molar-refractivity contribution in [2.24, 2.45) is 0 Å². The number of benzene rings is 1. The van der Waals surface area contributed by atoms with Crippen LogP contribution in [0.1, 0.15) is 5.56 Å². The summed E-state index contributed by atoms with van der Waals surface area (Å²) in [6.07, 6.45) is 0.508. The van der Waals surface area contributed by atoms with Crippen molar-refractivity contribution < 1.29 is 0 Å². The minimum Gasteiger partial charge on any atom is -0.197 e. The Balaban J connectivity index is 2.74. The van der Waals surface area contributed by atoms with E-state index in [2.05, 4.69) is 6.07 Å². The van der Waals surface area contributed by atoms with Crippen molar-refractivity contribution in [2.45, 2.75) is 11.7 Å². The van der Waals surface area contributed by atoms with Crippen molar-refractivity contribution in [3.8, 4) is 11.5 Å². The molecule has 2 nitrogen and oxygen atoms in total. The van der Waals surface area contributed by atoms with Gasteiger partial charge in [0.2, 0.25) is 0 Å². The molecule has 1 aromatic rings. The molecule has 1 atom stereocenters. The van der Waals surface area contributed by atoms with Gasteiger partial charge in [0.1, 0.15) is 10.7 Å². The summed E-state index contributed by atoms with van der Waals surface area (Å²) in [7, 11) is 0. The second-order valence-electron chi connectivity index (χ2n) is 2.62. The third-order valence-corrected chi connectivity index (χ3v) is 2.73. The van der Waals surface area contributed by atoms with Crippen LogP contribution < -0.4 is 0 Å². The molecule has 1 rings (SSSR count). The SMILES string of the molecule is N#CS[C@H](C#N)Cc1ccccc1Cl. The lowest BCUT2D eigenvalue weighted by atomic mass is 10.1. The Morgan fingerprint density at radius 3 is 2.64 bits per heavy atom. The van der Waals surface area contributed by atoms with Gasteiger partial charge in [-0.25, -0.2) is 0 Å². The summed E-state index contributed by atoms with van der Waals surface area (Å²) < 4.78 is 0. The van der Waals surface area contributed by atoms with Crippen LogP contribution in [-0.2, 0) is 6.42 Å². The van der Waals surface area contributed by atoms with Crippen LogP contribution in [0.2, 0.25) is 5.02 Å². The summed E-state index contributed by atoms with van der Waals surface area (Å²) in [6.45, 7) is 0. The highest BCUT2D eigenvalue weighted by atomic mass is 35.5. The van der Waals surface area contributed by atoms with Gasteiger partial charge in [0.05, 0.1) is 6.07 Å². The summed E-state index contributed by atoms with van der Waals surface area (Å²) in [4.78, 5) is 0. The van der Waals surface area contributed by atoms with Crippen LogP contribution in [-0.4, -0.2) is 5.25 Å². The number of rotatable bonds is 3. The van der Waals surface area contributed by atoms with E-state index in [1.165, 1.54) is 0 Å². The first-order chi connectivity index (χ1) is 6.77. The van der Waals surface area contributed by atoms with Crippen molar-refractivity contribution in [3.05, 3.63) is 34.9 Å². The first kappa shape index (κ1) is 10.9. The predicted octanol–water partition coefficient (Wildman–Crippen LogP) is 2.99. The number of thioether (sulfide) groups is 1. The third kappa shape index (κ3) is 2.96. The highest BCUT2D eigenvalue weighted by Crippen LogP contribution is 2.20. The van der Waals surface area contributed by atoms with Gasteiger partial charge in [-0.3, -0.25) is 0 Å². The second-order valence-corrected chi connectivity index (χ2v) is 4.02. The maximum atomic E-state index is 8.74. The highest BCUT2D eigenvalue weighted by molar-refractivity contribution is 8.04. The maximum Gasteiger partial charge on any atom is 0.134 e. The van der Waals surface area contributed by atoms with Gasteiger partial charge < -0.3 is 0 Å². The molecule has 0 bridgehead atoms. The molecule has 0 aromatic heterocycles. The van der Waals surface area contributed by atoms with Crippen molar-refractivity contribution >= 4 is 23.4 Å². The predicted molar refractivity (Wildman–Crippen MR) is 57.8 cm³/mol. The molecule has 14 heavy (non-hydrogen) atoms. The number of thiocyanates is 1. The number of hydrogen-bond acceptors (Lipinski definition) is 3. The summed E-state index contributed by atoms with van der Waals surface area (Å²) in [5.41, 5.74) is 0.906. The van der Waals surface area contributed by atoms with Gasteiger partial charge in [0.15, 0.2) is 0 Å². The second kappa shape index (κ2) is 5.54. The summed E-state index contributed by atoms with van der Waals surface area (Å²) in [6, 6.07) is 9.41. The zero-order valence-corrected chi connectivity index (χ0v) is 8.85. The van der Waals surface area contributed by atoms with E-state index in [1.807, 2.05) is 23.6 Å². The first-order valence-corrected chi connectivity index (χ1v) is 5.21. The van der Waals surface area contributed by atoms with E-state index in [0.717, 1.165) is 17.3 Å². The minimum atomic E-state index is -0.347. The molecule has 0 aliphatic heterocycles. The largest absolute Gasteiger partial charge is 0.197 e. The van der Waals surface area contributed by atoms with E-state index in [-0.39, 0.29) is 5.25 Å². The fourth-order valence-electron chi connectivity index (χ4n) is 1.04. The molecule has 0 radical (unpaired) electrons. The van der Waals surface area contributed by atoms with Gasteiger partial charge >= 0.3 is 0 Å². The average Bonchev–Trinajstić information content (AvgIpc) is 2.20. The van der Waals surface area contributed by atoms with Crippen molar-refractivity contribution in [3.63, 3.8) is 0 Å². The van der Waals surface area contributed by atoms with Gasteiger partial charge in [0, 0.05) is 5.02 Å². The lowest BCUT2D eigenvalue weighted by molar-refractivity contribution is 1.03. The van der Waals surface area contributed by atoms with Gasteiger partial charge in [-0.05, 0) is 29.8 Å². The molecule has 0 unspecified atom stereocenters. The summed E-state index contributed by atoms with van der Waals surface area (Å²) >= 11 is 6.89. The van der Waals surface area contributed by atoms with Crippen LogP contribution in [0, 0.1) is 22.0 Å². The molecule has 70 valence electrons. The number of hydrogen-bond donors (Lipinski definition) is 0. The molecule has 0 heterocycles. The fourth-order valence-corrected chi connectivity index (χ4v) is 1.70. The number of nitriles is 2. The Labute approximate surface area is 92.1 Å². The lowest BCUT2D eigenvalue weighted by Gasteiger charge is -2.05.